The van der Waals surface area contributed by atoms with Crippen molar-refractivity contribution >= 4 is 26.7 Å². The van der Waals surface area contributed by atoms with Crippen molar-refractivity contribution in [2.24, 2.45) is 0 Å². The minimum atomic E-state index is 0.236. The molecule has 2 unspecified atom stereocenters. The molecule has 0 saturated carbocycles. The first-order valence-electron chi connectivity index (χ1n) is 7.13. The minimum absolute atomic E-state index is 0.236. The van der Waals surface area contributed by atoms with E-state index in [0.717, 1.165) is 23.9 Å². The molecule has 0 bridgehead atoms. The summed E-state index contributed by atoms with van der Waals surface area (Å²) in [6.45, 7) is 2.77. The molecule has 2 aromatic rings. The predicted molar refractivity (Wildman–Crippen MR) is 85.6 cm³/mol. The molecule has 0 amide bonds. The lowest BCUT2D eigenvalue weighted by atomic mass is 10.0. The topological polar surface area (TPSA) is 18.5 Å². The fourth-order valence-corrected chi connectivity index (χ4v) is 3.36. The lowest BCUT2D eigenvalue weighted by Crippen LogP contribution is -2.18. The Balaban J connectivity index is 1.80. The Morgan fingerprint density at radius 1 is 1.20 bits per heavy atom. The summed E-state index contributed by atoms with van der Waals surface area (Å²) in [5.74, 6) is 0.962. The maximum absolute atomic E-state index is 6.01. The second-order valence-corrected chi connectivity index (χ2v) is 5.91. The lowest BCUT2D eigenvalue weighted by Gasteiger charge is -2.16. The number of fused-ring (bicyclic) bond motifs is 1. The molecule has 0 aliphatic carbocycles. The third-order valence-corrected chi connectivity index (χ3v) is 4.44. The predicted octanol–water partition coefficient (Wildman–Crippen LogP) is 4.68. The summed E-state index contributed by atoms with van der Waals surface area (Å²) in [7, 11) is 0. The van der Waals surface area contributed by atoms with Gasteiger partial charge in [0.1, 0.15) is 12.4 Å². The van der Waals surface area contributed by atoms with Gasteiger partial charge in [-0.15, -0.1) is 0 Å². The van der Waals surface area contributed by atoms with Gasteiger partial charge < -0.3 is 9.47 Å². The zero-order chi connectivity index (χ0) is 13.9. The fraction of sp³-hybridized carbons (Fsp3) is 0.412. The van der Waals surface area contributed by atoms with Gasteiger partial charge in [0, 0.05) is 10.9 Å². The summed E-state index contributed by atoms with van der Waals surface area (Å²) in [5, 5.41) is 3.30. The zero-order valence-corrected chi connectivity index (χ0v) is 13.2. The number of rotatable bonds is 4. The lowest BCUT2D eigenvalue weighted by molar-refractivity contribution is 0.0263. The molecule has 20 heavy (non-hydrogen) atoms. The first-order chi connectivity index (χ1) is 9.78. The molecule has 1 aliphatic rings. The van der Waals surface area contributed by atoms with E-state index in [1.807, 2.05) is 0 Å². The van der Waals surface area contributed by atoms with Gasteiger partial charge in [-0.2, -0.15) is 0 Å². The van der Waals surface area contributed by atoms with Crippen LogP contribution < -0.4 is 4.74 Å². The second kappa shape index (κ2) is 6.15. The number of benzene rings is 2. The summed E-state index contributed by atoms with van der Waals surface area (Å²) in [6, 6.07) is 12.6. The molecule has 1 saturated heterocycles. The van der Waals surface area contributed by atoms with Crippen molar-refractivity contribution in [3.05, 3.63) is 42.0 Å². The minimum Gasteiger partial charge on any atom is -0.491 e. The molecule has 106 valence electrons. The van der Waals surface area contributed by atoms with E-state index < -0.39 is 0 Å². The van der Waals surface area contributed by atoms with Crippen LogP contribution >= 0.6 is 15.9 Å². The van der Waals surface area contributed by atoms with Crippen LogP contribution in [0.3, 0.4) is 0 Å². The standard InChI is InChI=1S/C17H19BrO2/c1-12-6-8-14(20-12)11-19-17-9-7-13-4-2-3-5-15(13)16(17)10-18/h2-5,7,9,12,14H,6,8,10-11H2,1H3. The molecular weight excluding hydrogens is 316 g/mol. The van der Waals surface area contributed by atoms with Crippen molar-refractivity contribution in [1.29, 1.82) is 0 Å². The summed E-state index contributed by atoms with van der Waals surface area (Å²) in [6.07, 6.45) is 2.84. The highest BCUT2D eigenvalue weighted by molar-refractivity contribution is 9.08. The SMILES string of the molecule is CC1CCC(COc2ccc3ccccc3c2CBr)O1. The molecule has 3 heteroatoms. The van der Waals surface area contributed by atoms with Crippen molar-refractivity contribution in [3.8, 4) is 5.75 Å². The third-order valence-electron chi connectivity index (χ3n) is 3.88. The first kappa shape index (κ1) is 13.9. The molecule has 1 heterocycles. The number of alkyl halides is 1. The highest BCUT2D eigenvalue weighted by Crippen LogP contribution is 2.30. The Bertz CT molecular complexity index is 597. The molecule has 1 fully saturated rings. The van der Waals surface area contributed by atoms with Gasteiger partial charge in [0.15, 0.2) is 0 Å². The zero-order valence-electron chi connectivity index (χ0n) is 11.6. The van der Waals surface area contributed by atoms with Crippen LogP contribution in [0.2, 0.25) is 0 Å². The van der Waals surface area contributed by atoms with Crippen LogP contribution in [-0.4, -0.2) is 18.8 Å². The van der Waals surface area contributed by atoms with Gasteiger partial charge in [-0.05, 0) is 36.6 Å². The van der Waals surface area contributed by atoms with E-state index in [-0.39, 0.29) is 6.10 Å². The van der Waals surface area contributed by atoms with E-state index in [0.29, 0.717) is 12.7 Å². The van der Waals surface area contributed by atoms with Crippen LogP contribution in [-0.2, 0) is 10.1 Å². The highest BCUT2D eigenvalue weighted by Gasteiger charge is 2.22. The quantitative estimate of drug-likeness (QED) is 0.755. The van der Waals surface area contributed by atoms with Crippen molar-refractivity contribution < 1.29 is 9.47 Å². The summed E-state index contributed by atoms with van der Waals surface area (Å²) < 4.78 is 11.8. The Hall–Kier alpha value is -1.06. The van der Waals surface area contributed by atoms with Crippen molar-refractivity contribution in [1.82, 2.24) is 0 Å². The third kappa shape index (κ3) is 2.84. The van der Waals surface area contributed by atoms with Gasteiger partial charge in [-0.25, -0.2) is 0 Å². The van der Waals surface area contributed by atoms with Gasteiger partial charge in [-0.1, -0.05) is 46.3 Å². The molecule has 1 aliphatic heterocycles. The monoisotopic (exact) mass is 334 g/mol. The average molecular weight is 335 g/mol. The van der Waals surface area contributed by atoms with Crippen LogP contribution in [0.15, 0.2) is 36.4 Å². The van der Waals surface area contributed by atoms with Gasteiger partial charge in [0.2, 0.25) is 0 Å². The number of hydrogen-bond acceptors (Lipinski definition) is 2. The largest absolute Gasteiger partial charge is 0.491 e. The van der Waals surface area contributed by atoms with E-state index >= 15 is 0 Å². The smallest absolute Gasteiger partial charge is 0.124 e. The average Bonchev–Trinajstić information content (AvgIpc) is 2.90. The van der Waals surface area contributed by atoms with E-state index in [2.05, 4.69) is 59.3 Å². The number of hydrogen-bond donors (Lipinski definition) is 0. The van der Waals surface area contributed by atoms with Crippen molar-refractivity contribution in [3.63, 3.8) is 0 Å². The van der Waals surface area contributed by atoms with E-state index in [9.17, 15) is 0 Å². The van der Waals surface area contributed by atoms with Crippen LogP contribution in [0.5, 0.6) is 5.75 Å². The molecule has 2 atom stereocenters. The fourth-order valence-electron chi connectivity index (χ4n) is 2.78. The van der Waals surface area contributed by atoms with Crippen molar-refractivity contribution in [2.75, 3.05) is 6.61 Å². The van der Waals surface area contributed by atoms with E-state index in [4.69, 9.17) is 9.47 Å². The Morgan fingerprint density at radius 3 is 2.80 bits per heavy atom. The van der Waals surface area contributed by atoms with Crippen LogP contribution in [0.25, 0.3) is 10.8 Å². The molecular formula is C17H19BrO2. The normalized spacial score (nSPS) is 22.3. The van der Waals surface area contributed by atoms with Gasteiger partial charge >= 0.3 is 0 Å². The molecule has 0 aromatic heterocycles. The van der Waals surface area contributed by atoms with Gasteiger partial charge in [0.05, 0.1) is 12.2 Å². The van der Waals surface area contributed by atoms with Crippen LogP contribution in [0.1, 0.15) is 25.3 Å². The summed E-state index contributed by atoms with van der Waals surface area (Å²) >= 11 is 3.58. The maximum Gasteiger partial charge on any atom is 0.124 e. The molecule has 0 spiro atoms. The number of ether oxygens (including phenoxy) is 2. The second-order valence-electron chi connectivity index (χ2n) is 5.35. The molecule has 3 rings (SSSR count). The molecule has 2 aromatic carbocycles. The molecule has 0 radical (unpaired) electrons. The van der Waals surface area contributed by atoms with Gasteiger partial charge in [-0.3, -0.25) is 0 Å². The van der Waals surface area contributed by atoms with Crippen LogP contribution in [0, 0.1) is 0 Å². The Labute approximate surface area is 128 Å². The molecule has 0 N–H and O–H groups in total. The van der Waals surface area contributed by atoms with E-state index in [1.54, 1.807) is 0 Å². The van der Waals surface area contributed by atoms with Crippen molar-refractivity contribution in [2.45, 2.75) is 37.3 Å². The first-order valence-corrected chi connectivity index (χ1v) is 8.25. The summed E-state index contributed by atoms with van der Waals surface area (Å²) in [4.78, 5) is 0. The Morgan fingerprint density at radius 2 is 2.05 bits per heavy atom. The van der Waals surface area contributed by atoms with E-state index in [1.165, 1.54) is 16.3 Å². The highest BCUT2D eigenvalue weighted by atomic mass is 79.9. The number of halogens is 1. The molecule has 2 nitrogen and oxygen atoms in total. The Kier molecular flexibility index (Phi) is 4.27. The van der Waals surface area contributed by atoms with Gasteiger partial charge in [0.25, 0.3) is 0 Å². The summed E-state index contributed by atoms with van der Waals surface area (Å²) in [5.41, 5.74) is 1.22. The van der Waals surface area contributed by atoms with Crippen LogP contribution in [0.4, 0.5) is 0 Å². The maximum atomic E-state index is 6.01.